The summed E-state index contributed by atoms with van der Waals surface area (Å²) < 4.78 is 30.6. The Morgan fingerprint density at radius 3 is 2.48 bits per heavy atom. The second kappa shape index (κ2) is 7.25. The highest BCUT2D eigenvalue weighted by Crippen LogP contribution is 2.28. The number of hydrogen-bond donors (Lipinski definition) is 1. The van der Waals surface area contributed by atoms with Gasteiger partial charge in [0.2, 0.25) is 5.43 Å². The van der Waals surface area contributed by atoms with Crippen molar-refractivity contribution in [1.29, 1.82) is 0 Å². The van der Waals surface area contributed by atoms with Crippen LogP contribution in [0.1, 0.15) is 10.4 Å². The summed E-state index contributed by atoms with van der Waals surface area (Å²) in [6.45, 7) is 2.70. The number of halogens is 2. The zero-order chi connectivity index (χ0) is 20.7. The van der Waals surface area contributed by atoms with Crippen LogP contribution >= 0.6 is 0 Å². The summed E-state index contributed by atoms with van der Waals surface area (Å²) in [5.41, 5.74) is -0.859. The fourth-order valence-electron chi connectivity index (χ4n) is 3.54. The number of aromatic carboxylic acids is 1. The fraction of sp³-hybridized carbons (Fsp3) is 0.250. The van der Waals surface area contributed by atoms with Crippen molar-refractivity contribution in [3.8, 4) is 5.69 Å². The largest absolute Gasteiger partial charge is 0.477 e. The number of benzene rings is 1. The molecule has 3 aromatic rings. The van der Waals surface area contributed by atoms with Crippen molar-refractivity contribution in [3.63, 3.8) is 0 Å². The van der Waals surface area contributed by atoms with Gasteiger partial charge in [0.15, 0.2) is 5.82 Å². The summed E-state index contributed by atoms with van der Waals surface area (Å²) >= 11 is 0. The van der Waals surface area contributed by atoms with E-state index >= 15 is 0 Å². The van der Waals surface area contributed by atoms with Crippen LogP contribution in [-0.2, 0) is 0 Å². The van der Waals surface area contributed by atoms with Gasteiger partial charge < -0.3 is 19.5 Å². The fourth-order valence-corrected chi connectivity index (χ4v) is 3.54. The molecule has 1 N–H and O–H groups in total. The number of anilines is 1. The lowest BCUT2D eigenvalue weighted by atomic mass is 10.1. The number of carbonyl (C=O) groups is 1. The molecule has 1 fully saturated rings. The summed E-state index contributed by atoms with van der Waals surface area (Å²) in [4.78, 5) is 31.9. The third-order valence-corrected chi connectivity index (χ3v) is 5.16. The molecule has 0 atom stereocenters. The second-order valence-corrected chi connectivity index (χ2v) is 6.99. The Balaban J connectivity index is 2.00. The molecule has 0 radical (unpaired) electrons. The highest BCUT2D eigenvalue weighted by atomic mass is 19.1. The van der Waals surface area contributed by atoms with E-state index in [1.165, 1.54) is 22.9 Å². The van der Waals surface area contributed by atoms with E-state index in [1.807, 2.05) is 11.9 Å². The predicted octanol–water partition coefficient (Wildman–Crippen LogP) is 2.11. The van der Waals surface area contributed by atoms with Gasteiger partial charge in [0, 0.05) is 44.0 Å². The number of hydrogen-bond acceptors (Lipinski definition) is 5. The number of nitrogens with zero attached hydrogens (tertiary/aromatic N) is 4. The Morgan fingerprint density at radius 1 is 1.10 bits per heavy atom. The van der Waals surface area contributed by atoms with E-state index in [2.05, 4.69) is 9.88 Å². The molecule has 1 aliphatic heterocycles. The SMILES string of the molecule is CN1CCN(c2cc3c(cc2F)c(=O)c(C(=O)O)cn3-c2ccncc2F)CC1. The summed E-state index contributed by atoms with van der Waals surface area (Å²) in [6.07, 6.45) is 3.41. The van der Waals surface area contributed by atoms with Gasteiger partial charge in [-0.15, -0.1) is 0 Å². The first-order chi connectivity index (χ1) is 13.9. The molecule has 0 saturated carbocycles. The van der Waals surface area contributed by atoms with Gasteiger partial charge in [-0.05, 0) is 25.2 Å². The molecular formula is C20H18F2N4O3. The normalized spacial score (nSPS) is 15.1. The van der Waals surface area contributed by atoms with E-state index in [4.69, 9.17) is 0 Å². The van der Waals surface area contributed by atoms with Crippen LogP contribution in [0.3, 0.4) is 0 Å². The van der Waals surface area contributed by atoms with Crippen molar-refractivity contribution < 1.29 is 18.7 Å². The molecule has 0 unspecified atom stereocenters. The van der Waals surface area contributed by atoms with Crippen LogP contribution in [0.5, 0.6) is 0 Å². The van der Waals surface area contributed by atoms with E-state index in [0.29, 0.717) is 13.1 Å². The first kappa shape index (κ1) is 19.0. The lowest BCUT2D eigenvalue weighted by molar-refractivity contribution is 0.0695. The zero-order valence-corrected chi connectivity index (χ0v) is 15.6. The van der Waals surface area contributed by atoms with Crippen LogP contribution in [0.15, 0.2) is 41.6 Å². The molecule has 3 heterocycles. The van der Waals surface area contributed by atoms with Crippen LogP contribution in [0.25, 0.3) is 16.6 Å². The Hall–Kier alpha value is -3.33. The van der Waals surface area contributed by atoms with Gasteiger partial charge in [0.1, 0.15) is 11.4 Å². The van der Waals surface area contributed by atoms with Crippen molar-refractivity contribution in [1.82, 2.24) is 14.5 Å². The van der Waals surface area contributed by atoms with Gasteiger partial charge in [-0.1, -0.05) is 0 Å². The van der Waals surface area contributed by atoms with Gasteiger partial charge >= 0.3 is 5.97 Å². The summed E-state index contributed by atoms with van der Waals surface area (Å²) in [5.74, 6) is -2.79. The first-order valence-corrected chi connectivity index (χ1v) is 9.02. The van der Waals surface area contributed by atoms with E-state index in [1.54, 1.807) is 0 Å². The third kappa shape index (κ3) is 3.33. The molecule has 4 rings (SSSR count). The van der Waals surface area contributed by atoms with E-state index < -0.39 is 28.6 Å². The average Bonchev–Trinajstić information content (AvgIpc) is 2.69. The first-order valence-electron chi connectivity index (χ1n) is 9.02. The number of pyridine rings is 2. The van der Waals surface area contributed by atoms with E-state index in [0.717, 1.165) is 31.5 Å². The number of aromatic nitrogens is 2. The standard InChI is InChI=1S/C20H18F2N4O3/c1-24-4-6-25(7-5-24)18-9-17-12(8-14(18)21)19(27)13(20(28)29)11-26(17)16-2-3-23-10-15(16)22/h2-3,8-11H,4-7H2,1H3,(H,28,29). The highest BCUT2D eigenvalue weighted by molar-refractivity contribution is 5.94. The Morgan fingerprint density at radius 2 is 1.83 bits per heavy atom. The van der Waals surface area contributed by atoms with Gasteiger partial charge in [-0.25, -0.2) is 13.6 Å². The van der Waals surface area contributed by atoms with E-state index in [-0.39, 0.29) is 22.3 Å². The van der Waals surface area contributed by atoms with Crippen LogP contribution in [-0.4, -0.2) is 58.8 Å². The molecule has 0 amide bonds. The van der Waals surface area contributed by atoms with Crippen molar-refractivity contribution in [2.45, 2.75) is 0 Å². The molecule has 0 spiro atoms. The number of rotatable bonds is 3. The molecule has 1 aliphatic rings. The van der Waals surface area contributed by atoms with Crippen molar-refractivity contribution in [2.24, 2.45) is 0 Å². The molecular weight excluding hydrogens is 382 g/mol. The number of fused-ring (bicyclic) bond motifs is 1. The van der Waals surface area contributed by atoms with Crippen LogP contribution < -0.4 is 10.3 Å². The van der Waals surface area contributed by atoms with Crippen LogP contribution in [0.4, 0.5) is 14.5 Å². The summed E-state index contributed by atoms with van der Waals surface area (Å²) in [6, 6.07) is 3.88. The maximum absolute atomic E-state index is 14.9. The molecule has 150 valence electrons. The Labute approximate surface area is 164 Å². The quantitative estimate of drug-likeness (QED) is 0.726. The highest BCUT2D eigenvalue weighted by Gasteiger charge is 2.22. The minimum atomic E-state index is -1.47. The van der Waals surface area contributed by atoms with Gasteiger partial charge in [0.05, 0.1) is 23.1 Å². The van der Waals surface area contributed by atoms with Gasteiger partial charge in [-0.2, -0.15) is 0 Å². The molecule has 0 bridgehead atoms. The number of likely N-dealkylation sites (N-methyl/N-ethyl adjacent to an activating group) is 1. The minimum absolute atomic E-state index is 0.0171. The third-order valence-electron chi connectivity index (χ3n) is 5.16. The molecule has 1 aromatic carbocycles. The minimum Gasteiger partial charge on any atom is -0.477 e. The summed E-state index contributed by atoms with van der Waals surface area (Å²) in [5, 5.41) is 9.26. The van der Waals surface area contributed by atoms with Crippen molar-refractivity contribution >= 4 is 22.6 Å². The lowest BCUT2D eigenvalue weighted by Gasteiger charge is -2.34. The average molecular weight is 400 g/mol. The topological polar surface area (TPSA) is 78.7 Å². The summed E-state index contributed by atoms with van der Waals surface area (Å²) in [7, 11) is 1.98. The van der Waals surface area contributed by atoms with Crippen molar-refractivity contribution in [3.05, 3.63) is 64.2 Å². The van der Waals surface area contributed by atoms with Gasteiger partial charge in [-0.3, -0.25) is 9.78 Å². The number of carboxylic acid groups (broad SMARTS) is 1. The zero-order valence-electron chi connectivity index (χ0n) is 15.6. The van der Waals surface area contributed by atoms with Gasteiger partial charge in [0.25, 0.3) is 0 Å². The van der Waals surface area contributed by atoms with Crippen LogP contribution in [0, 0.1) is 11.6 Å². The monoisotopic (exact) mass is 400 g/mol. The molecule has 29 heavy (non-hydrogen) atoms. The molecule has 0 aliphatic carbocycles. The maximum Gasteiger partial charge on any atom is 0.341 e. The predicted molar refractivity (Wildman–Crippen MR) is 104 cm³/mol. The maximum atomic E-state index is 14.9. The van der Waals surface area contributed by atoms with Crippen molar-refractivity contribution in [2.75, 3.05) is 38.1 Å². The molecule has 2 aromatic heterocycles. The Bertz CT molecular complexity index is 1170. The number of carboxylic acids is 1. The smallest absolute Gasteiger partial charge is 0.341 e. The van der Waals surface area contributed by atoms with E-state index in [9.17, 15) is 23.5 Å². The molecule has 9 heteroatoms. The number of piperazine rings is 1. The molecule has 7 nitrogen and oxygen atoms in total. The second-order valence-electron chi connectivity index (χ2n) is 6.99. The van der Waals surface area contributed by atoms with Crippen LogP contribution in [0.2, 0.25) is 0 Å². The Kier molecular flexibility index (Phi) is 4.75. The lowest BCUT2D eigenvalue weighted by Crippen LogP contribution is -2.44. The molecule has 1 saturated heterocycles.